The largest absolute Gasteiger partial charge is 0.444 e. The number of nitrogens with zero attached hydrogens (tertiary/aromatic N) is 2. The summed E-state index contributed by atoms with van der Waals surface area (Å²) in [6.45, 7) is 8.07. The van der Waals surface area contributed by atoms with Crippen LogP contribution < -0.4 is 5.73 Å². The number of likely N-dealkylation sites (N-methyl/N-ethyl adjacent to an activating group) is 1. The zero-order valence-electron chi connectivity index (χ0n) is 14.8. The lowest BCUT2D eigenvalue weighted by Gasteiger charge is -2.42. The topological polar surface area (TPSA) is 79.0 Å². The minimum absolute atomic E-state index is 0.0755. The highest BCUT2D eigenvalue weighted by molar-refractivity contribution is 5.68. The molecule has 1 saturated heterocycles. The fraction of sp³-hybridized carbons (Fsp3) is 0.938. The van der Waals surface area contributed by atoms with Crippen LogP contribution in [0.3, 0.4) is 0 Å². The van der Waals surface area contributed by atoms with Crippen LogP contribution in [0.5, 0.6) is 0 Å². The van der Waals surface area contributed by atoms with Gasteiger partial charge >= 0.3 is 6.09 Å². The molecule has 0 saturated carbocycles. The van der Waals surface area contributed by atoms with Gasteiger partial charge in [0.25, 0.3) is 0 Å². The van der Waals surface area contributed by atoms with Crippen molar-refractivity contribution >= 4 is 6.09 Å². The predicted octanol–water partition coefficient (Wildman–Crippen LogP) is 1.28. The fourth-order valence-corrected chi connectivity index (χ4v) is 2.97. The van der Waals surface area contributed by atoms with Gasteiger partial charge in [0, 0.05) is 19.6 Å². The van der Waals surface area contributed by atoms with Gasteiger partial charge in [-0.15, -0.1) is 0 Å². The van der Waals surface area contributed by atoms with E-state index in [1.807, 2.05) is 39.8 Å². The Morgan fingerprint density at radius 1 is 1.36 bits per heavy atom. The first-order valence-electron chi connectivity index (χ1n) is 8.08. The Hall–Kier alpha value is -0.850. The molecular weight excluding hydrogens is 282 g/mol. The second-order valence-corrected chi connectivity index (χ2v) is 7.79. The number of aliphatic hydroxyl groups is 1. The summed E-state index contributed by atoms with van der Waals surface area (Å²) in [4.78, 5) is 15.8. The van der Waals surface area contributed by atoms with Crippen LogP contribution in [0.2, 0.25) is 0 Å². The van der Waals surface area contributed by atoms with E-state index < -0.39 is 5.60 Å². The average molecular weight is 315 g/mol. The molecule has 1 amide bonds. The molecular formula is C16H33N3O3. The monoisotopic (exact) mass is 315 g/mol. The van der Waals surface area contributed by atoms with Crippen molar-refractivity contribution in [2.24, 2.45) is 11.1 Å². The molecule has 1 aliphatic rings. The minimum atomic E-state index is -0.471. The van der Waals surface area contributed by atoms with E-state index >= 15 is 0 Å². The quantitative estimate of drug-likeness (QED) is 0.799. The first-order chi connectivity index (χ1) is 10.1. The van der Waals surface area contributed by atoms with Gasteiger partial charge in [-0.25, -0.2) is 4.79 Å². The standard InChI is InChI=1S/C16H33N3O3/c1-15(2,3)22-14(21)19-8-6-16(12-17,7-9-19)10-13(20)11-18(4)5/h13,20H,6-12,17H2,1-5H3/t13-/m1/s1. The van der Waals surface area contributed by atoms with Crippen LogP contribution in [0.4, 0.5) is 4.79 Å². The molecule has 1 atom stereocenters. The van der Waals surface area contributed by atoms with Gasteiger partial charge in [-0.3, -0.25) is 0 Å². The zero-order chi connectivity index (χ0) is 17.0. The SMILES string of the molecule is CN(C)C[C@H](O)CC1(CN)CCN(C(=O)OC(C)(C)C)CC1. The molecule has 0 unspecified atom stereocenters. The Kier molecular flexibility index (Phi) is 6.65. The molecule has 6 nitrogen and oxygen atoms in total. The highest BCUT2D eigenvalue weighted by Crippen LogP contribution is 2.35. The van der Waals surface area contributed by atoms with E-state index in [0.717, 1.165) is 12.8 Å². The molecule has 0 bridgehead atoms. The van der Waals surface area contributed by atoms with E-state index in [4.69, 9.17) is 10.5 Å². The Labute approximate surface area is 134 Å². The van der Waals surface area contributed by atoms with Gasteiger partial charge in [0.05, 0.1) is 6.10 Å². The van der Waals surface area contributed by atoms with Crippen LogP contribution in [0, 0.1) is 5.41 Å². The van der Waals surface area contributed by atoms with E-state index in [2.05, 4.69) is 0 Å². The van der Waals surface area contributed by atoms with Gasteiger partial charge in [-0.2, -0.15) is 0 Å². The zero-order valence-corrected chi connectivity index (χ0v) is 14.8. The maximum absolute atomic E-state index is 12.1. The first kappa shape index (κ1) is 19.2. The molecule has 6 heteroatoms. The van der Waals surface area contributed by atoms with Crippen molar-refractivity contribution in [1.82, 2.24) is 9.80 Å². The van der Waals surface area contributed by atoms with Crippen LogP contribution in [0.15, 0.2) is 0 Å². The van der Waals surface area contributed by atoms with Gasteiger partial charge in [-0.1, -0.05) is 0 Å². The number of carbonyl (C=O) groups excluding carboxylic acids is 1. The summed E-state index contributed by atoms with van der Waals surface area (Å²) in [5, 5.41) is 10.2. The number of ether oxygens (including phenoxy) is 1. The summed E-state index contributed by atoms with van der Waals surface area (Å²) in [6.07, 6.45) is 1.67. The molecule has 0 aliphatic carbocycles. The number of rotatable bonds is 5. The highest BCUT2D eigenvalue weighted by Gasteiger charge is 2.37. The van der Waals surface area contributed by atoms with Crippen LogP contribution in [0.1, 0.15) is 40.0 Å². The molecule has 0 spiro atoms. The van der Waals surface area contributed by atoms with Gasteiger partial charge in [0.15, 0.2) is 0 Å². The van der Waals surface area contributed by atoms with E-state index in [-0.39, 0.29) is 17.6 Å². The smallest absolute Gasteiger partial charge is 0.410 e. The lowest BCUT2D eigenvalue weighted by Crippen LogP contribution is -2.49. The summed E-state index contributed by atoms with van der Waals surface area (Å²) in [5.41, 5.74) is 5.43. The minimum Gasteiger partial charge on any atom is -0.444 e. The number of likely N-dealkylation sites (tertiary alicyclic amines) is 1. The van der Waals surface area contributed by atoms with Crippen molar-refractivity contribution in [2.75, 3.05) is 40.3 Å². The Balaban J connectivity index is 2.55. The van der Waals surface area contributed by atoms with E-state index in [0.29, 0.717) is 32.6 Å². The van der Waals surface area contributed by atoms with Crippen LogP contribution in [-0.4, -0.2) is 73.0 Å². The number of carbonyl (C=O) groups is 1. The maximum Gasteiger partial charge on any atom is 0.410 e. The Bertz CT molecular complexity index is 358. The lowest BCUT2D eigenvalue weighted by molar-refractivity contribution is 0.000711. The Morgan fingerprint density at radius 2 is 1.91 bits per heavy atom. The average Bonchev–Trinajstić information content (AvgIpc) is 2.36. The summed E-state index contributed by atoms with van der Waals surface area (Å²) in [5.74, 6) is 0. The third-order valence-electron chi connectivity index (χ3n) is 4.15. The molecule has 1 fully saturated rings. The molecule has 3 N–H and O–H groups in total. The van der Waals surface area contributed by atoms with Crippen LogP contribution in [-0.2, 0) is 4.74 Å². The van der Waals surface area contributed by atoms with Gasteiger partial charge in [-0.05, 0) is 66.1 Å². The van der Waals surface area contributed by atoms with Crippen LogP contribution in [0.25, 0.3) is 0 Å². The highest BCUT2D eigenvalue weighted by atomic mass is 16.6. The second-order valence-electron chi connectivity index (χ2n) is 7.79. The van der Waals surface area contributed by atoms with Crippen molar-refractivity contribution in [3.63, 3.8) is 0 Å². The lowest BCUT2D eigenvalue weighted by atomic mass is 9.74. The molecule has 1 rings (SSSR count). The number of amides is 1. The summed E-state index contributed by atoms with van der Waals surface area (Å²) < 4.78 is 5.41. The number of aliphatic hydroxyl groups excluding tert-OH is 1. The van der Waals surface area contributed by atoms with E-state index in [1.165, 1.54) is 0 Å². The number of hydrogen-bond acceptors (Lipinski definition) is 5. The van der Waals surface area contributed by atoms with Crippen molar-refractivity contribution in [3.05, 3.63) is 0 Å². The number of hydrogen-bond donors (Lipinski definition) is 2. The third kappa shape index (κ3) is 6.10. The second kappa shape index (κ2) is 7.62. The molecule has 22 heavy (non-hydrogen) atoms. The van der Waals surface area contributed by atoms with E-state index in [9.17, 15) is 9.90 Å². The first-order valence-corrected chi connectivity index (χ1v) is 8.08. The van der Waals surface area contributed by atoms with Crippen molar-refractivity contribution in [2.45, 2.75) is 51.7 Å². The summed E-state index contributed by atoms with van der Waals surface area (Å²) in [7, 11) is 3.90. The van der Waals surface area contributed by atoms with Crippen molar-refractivity contribution in [3.8, 4) is 0 Å². The van der Waals surface area contributed by atoms with E-state index in [1.54, 1.807) is 4.90 Å². The van der Waals surface area contributed by atoms with Crippen molar-refractivity contribution < 1.29 is 14.6 Å². The predicted molar refractivity (Wildman–Crippen MR) is 87.7 cm³/mol. The molecule has 0 radical (unpaired) electrons. The fourth-order valence-electron chi connectivity index (χ4n) is 2.97. The third-order valence-corrected chi connectivity index (χ3v) is 4.15. The molecule has 0 aromatic carbocycles. The molecule has 130 valence electrons. The number of nitrogens with two attached hydrogens (primary N) is 1. The van der Waals surface area contributed by atoms with Gasteiger partial charge in [0.2, 0.25) is 0 Å². The van der Waals surface area contributed by atoms with Gasteiger partial charge in [0.1, 0.15) is 5.60 Å². The van der Waals surface area contributed by atoms with Gasteiger partial charge < -0.3 is 25.4 Å². The molecule has 0 aromatic rings. The molecule has 1 heterocycles. The molecule has 1 aliphatic heterocycles. The Morgan fingerprint density at radius 3 is 2.32 bits per heavy atom. The summed E-state index contributed by atoms with van der Waals surface area (Å²) >= 11 is 0. The number of piperidine rings is 1. The molecule has 0 aromatic heterocycles. The summed E-state index contributed by atoms with van der Waals surface area (Å²) in [6, 6.07) is 0. The van der Waals surface area contributed by atoms with Crippen LogP contribution >= 0.6 is 0 Å². The van der Waals surface area contributed by atoms with Crippen molar-refractivity contribution in [1.29, 1.82) is 0 Å². The maximum atomic E-state index is 12.1. The normalized spacial score (nSPS) is 20.1.